The molecule has 0 N–H and O–H groups in total. The highest BCUT2D eigenvalue weighted by Gasteiger charge is 2.21. The van der Waals surface area contributed by atoms with Crippen LogP contribution in [0.15, 0.2) is 0 Å². The molecule has 5 heteroatoms. The number of nitrogens with zero attached hydrogens (tertiary/aromatic N) is 3. The number of piperidine rings is 1. The van der Waals surface area contributed by atoms with Crippen molar-refractivity contribution in [3.8, 4) is 0 Å². The Balaban J connectivity index is 2.02. The molecule has 3 nitrogen and oxygen atoms in total. The highest BCUT2D eigenvalue weighted by molar-refractivity contribution is 14.1. The summed E-state index contributed by atoms with van der Waals surface area (Å²) in [6.45, 7) is 2.39. The van der Waals surface area contributed by atoms with Crippen LogP contribution >= 0.6 is 33.9 Å². The minimum atomic E-state index is 0.664. The van der Waals surface area contributed by atoms with E-state index in [4.69, 9.17) is 0 Å². The standard InChI is InChI=1S/C8H12IN3S/c1-12-4-2-6(3-5-12)7-10-11-8(9)13-7/h6H,2-5H2,1H3. The van der Waals surface area contributed by atoms with Crippen molar-refractivity contribution >= 4 is 33.9 Å². The van der Waals surface area contributed by atoms with Gasteiger partial charge in [0.2, 0.25) is 0 Å². The zero-order valence-electron chi connectivity index (χ0n) is 7.53. The molecule has 0 saturated carbocycles. The third-order valence-electron chi connectivity index (χ3n) is 2.48. The van der Waals surface area contributed by atoms with Crippen molar-refractivity contribution < 1.29 is 0 Å². The largest absolute Gasteiger partial charge is 0.306 e. The van der Waals surface area contributed by atoms with E-state index in [1.54, 1.807) is 11.3 Å². The first-order valence-electron chi connectivity index (χ1n) is 4.43. The van der Waals surface area contributed by atoms with Crippen LogP contribution in [0.4, 0.5) is 0 Å². The number of hydrogen-bond donors (Lipinski definition) is 0. The summed E-state index contributed by atoms with van der Waals surface area (Å²) < 4.78 is 1.06. The van der Waals surface area contributed by atoms with E-state index < -0.39 is 0 Å². The molecule has 0 unspecified atom stereocenters. The first-order chi connectivity index (χ1) is 6.25. The minimum absolute atomic E-state index is 0.664. The Morgan fingerprint density at radius 1 is 1.38 bits per heavy atom. The van der Waals surface area contributed by atoms with Crippen molar-refractivity contribution in [3.63, 3.8) is 0 Å². The normalized spacial score (nSPS) is 20.8. The van der Waals surface area contributed by atoms with Gasteiger partial charge in [-0.3, -0.25) is 0 Å². The number of hydrogen-bond acceptors (Lipinski definition) is 4. The Hall–Kier alpha value is 0.250. The van der Waals surface area contributed by atoms with Crippen LogP contribution < -0.4 is 0 Å². The van der Waals surface area contributed by atoms with Gasteiger partial charge in [-0.15, -0.1) is 10.2 Å². The minimum Gasteiger partial charge on any atom is -0.306 e. The van der Waals surface area contributed by atoms with Gasteiger partial charge in [0.05, 0.1) is 0 Å². The second-order valence-electron chi connectivity index (χ2n) is 3.47. The van der Waals surface area contributed by atoms with E-state index in [9.17, 15) is 0 Å². The number of halogens is 1. The second kappa shape index (κ2) is 4.18. The smallest absolute Gasteiger partial charge is 0.178 e. The van der Waals surface area contributed by atoms with Crippen LogP contribution in [0, 0.1) is 3.01 Å². The van der Waals surface area contributed by atoms with E-state index in [2.05, 4.69) is 44.7 Å². The predicted molar refractivity (Wildman–Crippen MR) is 62.1 cm³/mol. The zero-order chi connectivity index (χ0) is 9.26. The van der Waals surface area contributed by atoms with Gasteiger partial charge in [-0.05, 0) is 55.6 Å². The van der Waals surface area contributed by atoms with Gasteiger partial charge < -0.3 is 4.90 Å². The average Bonchev–Trinajstić information content (AvgIpc) is 2.53. The summed E-state index contributed by atoms with van der Waals surface area (Å²) in [6.07, 6.45) is 2.48. The van der Waals surface area contributed by atoms with Crippen LogP contribution in [0.25, 0.3) is 0 Å². The molecule has 13 heavy (non-hydrogen) atoms. The number of likely N-dealkylation sites (tertiary alicyclic amines) is 1. The van der Waals surface area contributed by atoms with Gasteiger partial charge in [0, 0.05) is 5.92 Å². The topological polar surface area (TPSA) is 29.0 Å². The van der Waals surface area contributed by atoms with Crippen molar-refractivity contribution in [2.75, 3.05) is 20.1 Å². The molecule has 1 fully saturated rings. The van der Waals surface area contributed by atoms with Crippen LogP contribution in [0.3, 0.4) is 0 Å². The molecule has 72 valence electrons. The summed E-state index contributed by atoms with van der Waals surface area (Å²) in [5, 5.41) is 9.49. The van der Waals surface area contributed by atoms with Gasteiger partial charge >= 0.3 is 0 Å². The van der Waals surface area contributed by atoms with Gasteiger partial charge in [0.25, 0.3) is 0 Å². The monoisotopic (exact) mass is 309 g/mol. The summed E-state index contributed by atoms with van der Waals surface area (Å²) in [7, 11) is 2.18. The Kier molecular flexibility index (Phi) is 3.15. The first-order valence-corrected chi connectivity index (χ1v) is 6.32. The summed E-state index contributed by atoms with van der Waals surface area (Å²) in [5.41, 5.74) is 0. The Morgan fingerprint density at radius 2 is 2.08 bits per heavy atom. The average molecular weight is 309 g/mol. The van der Waals surface area contributed by atoms with Gasteiger partial charge in [0.1, 0.15) is 5.01 Å². The molecule has 2 rings (SSSR count). The van der Waals surface area contributed by atoms with E-state index in [1.807, 2.05) is 0 Å². The Labute approximate surface area is 95.7 Å². The fourth-order valence-corrected chi connectivity index (χ4v) is 3.16. The lowest BCUT2D eigenvalue weighted by Gasteiger charge is -2.27. The third-order valence-corrected chi connectivity index (χ3v) is 4.23. The van der Waals surface area contributed by atoms with Crippen molar-refractivity contribution in [1.29, 1.82) is 0 Å². The summed E-state index contributed by atoms with van der Waals surface area (Å²) >= 11 is 3.98. The molecule has 0 spiro atoms. The van der Waals surface area contributed by atoms with Crippen molar-refractivity contribution in [1.82, 2.24) is 15.1 Å². The maximum Gasteiger partial charge on any atom is 0.178 e. The highest BCUT2D eigenvalue weighted by atomic mass is 127. The molecule has 0 bridgehead atoms. The molecule has 0 radical (unpaired) electrons. The predicted octanol–water partition coefficient (Wildman–Crippen LogP) is 1.95. The molecule has 2 heterocycles. The molecular formula is C8H12IN3S. The molecule has 1 aliphatic rings. The van der Waals surface area contributed by atoms with E-state index in [0.717, 1.165) is 3.01 Å². The van der Waals surface area contributed by atoms with Crippen LogP contribution in [-0.4, -0.2) is 35.2 Å². The molecule has 0 amide bonds. The lowest BCUT2D eigenvalue weighted by Crippen LogP contribution is -2.29. The fraction of sp³-hybridized carbons (Fsp3) is 0.750. The lowest BCUT2D eigenvalue weighted by molar-refractivity contribution is 0.255. The number of aromatic nitrogens is 2. The summed E-state index contributed by atoms with van der Waals surface area (Å²) in [5.74, 6) is 0.664. The van der Waals surface area contributed by atoms with Crippen molar-refractivity contribution in [2.24, 2.45) is 0 Å². The van der Waals surface area contributed by atoms with Crippen LogP contribution in [0.5, 0.6) is 0 Å². The fourth-order valence-electron chi connectivity index (χ4n) is 1.64. The van der Waals surface area contributed by atoms with Crippen molar-refractivity contribution in [2.45, 2.75) is 18.8 Å². The van der Waals surface area contributed by atoms with Gasteiger partial charge in [0.15, 0.2) is 3.01 Å². The van der Waals surface area contributed by atoms with Crippen LogP contribution in [0.1, 0.15) is 23.8 Å². The van der Waals surface area contributed by atoms with E-state index in [-0.39, 0.29) is 0 Å². The summed E-state index contributed by atoms with van der Waals surface area (Å²) in [6, 6.07) is 0. The van der Waals surface area contributed by atoms with Gasteiger partial charge in [-0.2, -0.15) is 0 Å². The van der Waals surface area contributed by atoms with E-state index in [0.29, 0.717) is 5.92 Å². The quantitative estimate of drug-likeness (QED) is 0.743. The third kappa shape index (κ3) is 2.38. The molecule has 1 saturated heterocycles. The van der Waals surface area contributed by atoms with Crippen molar-refractivity contribution in [3.05, 3.63) is 8.02 Å². The lowest BCUT2D eigenvalue weighted by atomic mass is 9.98. The van der Waals surface area contributed by atoms with E-state index in [1.165, 1.54) is 30.9 Å². The molecular weight excluding hydrogens is 297 g/mol. The first kappa shape index (κ1) is 9.79. The van der Waals surface area contributed by atoms with E-state index >= 15 is 0 Å². The maximum atomic E-state index is 4.21. The van der Waals surface area contributed by atoms with Crippen LogP contribution in [-0.2, 0) is 0 Å². The maximum absolute atomic E-state index is 4.21. The summed E-state index contributed by atoms with van der Waals surface area (Å²) in [4.78, 5) is 2.38. The zero-order valence-corrected chi connectivity index (χ0v) is 10.5. The number of rotatable bonds is 1. The van der Waals surface area contributed by atoms with Crippen LogP contribution in [0.2, 0.25) is 0 Å². The molecule has 0 aliphatic carbocycles. The molecule has 1 aromatic rings. The molecule has 1 aliphatic heterocycles. The highest BCUT2D eigenvalue weighted by Crippen LogP contribution is 2.29. The SMILES string of the molecule is CN1CCC(c2nnc(I)s2)CC1. The molecule has 0 atom stereocenters. The van der Waals surface area contributed by atoms with Gasteiger partial charge in [-0.1, -0.05) is 11.3 Å². The second-order valence-corrected chi connectivity index (χ2v) is 6.23. The Morgan fingerprint density at radius 3 is 2.62 bits per heavy atom. The molecule has 1 aromatic heterocycles. The Bertz CT molecular complexity index is 281. The van der Waals surface area contributed by atoms with Gasteiger partial charge in [-0.25, -0.2) is 0 Å². The molecule has 0 aromatic carbocycles.